The molecule has 0 bridgehead atoms. The van der Waals surface area contributed by atoms with E-state index < -0.39 is 0 Å². The molecule has 1 fully saturated rings. The molecule has 0 amide bonds. The van der Waals surface area contributed by atoms with Crippen molar-refractivity contribution < 1.29 is 4.79 Å². The second kappa shape index (κ2) is 4.62. The van der Waals surface area contributed by atoms with E-state index in [1.54, 1.807) is 11.9 Å². The Bertz CT molecular complexity index is 301. The van der Waals surface area contributed by atoms with Crippen LogP contribution in [0.2, 0.25) is 0 Å². The third-order valence-electron chi connectivity index (χ3n) is 2.37. The van der Waals surface area contributed by atoms with Crippen LogP contribution in [-0.2, 0) is 4.79 Å². The van der Waals surface area contributed by atoms with Crippen molar-refractivity contribution in [2.24, 2.45) is 0 Å². The van der Waals surface area contributed by atoms with Gasteiger partial charge in [-0.3, -0.25) is 0 Å². The van der Waals surface area contributed by atoms with Gasteiger partial charge in [0.25, 0.3) is 0 Å². The first-order chi connectivity index (χ1) is 6.90. The van der Waals surface area contributed by atoms with Crippen LogP contribution in [0, 0.1) is 0 Å². The molecule has 1 aromatic rings. The van der Waals surface area contributed by atoms with Gasteiger partial charge in [0.1, 0.15) is 6.29 Å². The second-order valence-corrected chi connectivity index (χ2v) is 4.51. The fourth-order valence-corrected chi connectivity index (χ4v) is 2.69. The molecule has 1 aliphatic rings. The summed E-state index contributed by atoms with van der Waals surface area (Å²) in [5.74, 6) is 0. The van der Waals surface area contributed by atoms with Crippen molar-refractivity contribution in [3.05, 3.63) is 30.3 Å². The summed E-state index contributed by atoms with van der Waals surface area (Å²) in [5, 5.41) is 0. The Hall–Kier alpha value is -0.800. The first-order valence-corrected chi connectivity index (χ1v) is 5.62. The van der Waals surface area contributed by atoms with E-state index in [0.29, 0.717) is 0 Å². The van der Waals surface area contributed by atoms with Crippen LogP contribution in [0.25, 0.3) is 0 Å². The van der Waals surface area contributed by atoms with Crippen LogP contribution < -0.4 is 0 Å². The van der Waals surface area contributed by atoms with Gasteiger partial charge in [-0.1, -0.05) is 18.2 Å². The van der Waals surface area contributed by atoms with E-state index in [-0.39, 0.29) is 6.04 Å². The highest BCUT2D eigenvalue weighted by atomic mass is 32.2. The zero-order chi connectivity index (χ0) is 9.80. The summed E-state index contributed by atoms with van der Waals surface area (Å²) in [6.45, 7) is 1.02. The Morgan fingerprint density at radius 2 is 2.14 bits per heavy atom. The summed E-state index contributed by atoms with van der Waals surface area (Å²) in [6, 6.07) is 10.3. The minimum absolute atomic E-state index is 0.111. The van der Waals surface area contributed by atoms with E-state index in [0.717, 1.165) is 25.7 Å². The van der Waals surface area contributed by atoms with Gasteiger partial charge in [0, 0.05) is 11.4 Å². The summed E-state index contributed by atoms with van der Waals surface area (Å²) < 4.78 is 2.17. The van der Waals surface area contributed by atoms with Crippen molar-refractivity contribution in [2.45, 2.75) is 23.8 Å². The lowest BCUT2D eigenvalue weighted by Gasteiger charge is -2.17. The molecule has 1 unspecified atom stereocenters. The average Bonchev–Trinajstić information content (AvgIpc) is 2.67. The molecule has 1 saturated heterocycles. The standard InChI is InChI=1S/C11H13NOS/c13-9-10-5-4-8-12(10)14-11-6-2-1-3-7-11/h1-3,6-7,9-10H,4-5,8H2. The van der Waals surface area contributed by atoms with E-state index in [1.165, 1.54) is 4.90 Å². The quantitative estimate of drug-likeness (QED) is 0.560. The van der Waals surface area contributed by atoms with Gasteiger partial charge < -0.3 is 4.79 Å². The molecule has 0 saturated carbocycles. The Labute approximate surface area is 88.4 Å². The molecule has 0 aromatic heterocycles. The number of aldehydes is 1. The van der Waals surface area contributed by atoms with Gasteiger partial charge in [0.05, 0.1) is 6.04 Å². The fourth-order valence-electron chi connectivity index (χ4n) is 1.63. The molecule has 0 spiro atoms. The highest BCUT2D eigenvalue weighted by Gasteiger charge is 2.24. The molecule has 0 radical (unpaired) electrons. The molecule has 3 heteroatoms. The topological polar surface area (TPSA) is 20.3 Å². The largest absolute Gasteiger partial charge is 0.302 e. The molecular weight excluding hydrogens is 194 g/mol. The van der Waals surface area contributed by atoms with Crippen molar-refractivity contribution in [1.29, 1.82) is 0 Å². The van der Waals surface area contributed by atoms with Gasteiger partial charge in [0.15, 0.2) is 0 Å². The van der Waals surface area contributed by atoms with Gasteiger partial charge >= 0.3 is 0 Å². The Morgan fingerprint density at radius 3 is 2.86 bits per heavy atom. The highest BCUT2D eigenvalue weighted by Crippen LogP contribution is 2.29. The summed E-state index contributed by atoms with van der Waals surface area (Å²) in [5.41, 5.74) is 0. The number of carbonyl (C=O) groups excluding carboxylic acids is 1. The van der Waals surface area contributed by atoms with Crippen LogP contribution >= 0.6 is 11.9 Å². The van der Waals surface area contributed by atoms with Crippen LogP contribution in [-0.4, -0.2) is 23.2 Å². The predicted molar refractivity (Wildman–Crippen MR) is 58.1 cm³/mol. The first kappa shape index (κ1) is 9.74. The normalized spacial score (nSPS) is 22.4. The van der Waals surface area contributed by atoms with Crippen LogP contribution in [0.3, 0.4) is 0 Å². The Balaban J connectivity index is 2.00. The van der Waals surface area contributed by atoms with E-state index in [4.69, 9.17) is 0 Å². The highest BCUT2D eigenvalue weighted by molar-refractivity contribution is 7.97. The third kappa shape index (κ3) is 2.16. The molecule has 14 heavy (non-hydrogen) atoms. The maximum absolute atomic E-state index is 10.8. The van der Waals surface area contributed by atoms with Gasteiger partial charge in [-0.25, -0.2) is 4.31 Å². The van der Waals surface area contributed by atoms with E-state index >= 15 is 0 Å². The maximum atomic E-state index is 10.8. The number of rotatable bonds is 3. The number of nitrogens with zero attached hydrogens (tertiary/aromatic N) is 1. The molecule has 0 aliphatic carbocycles. The molecule has 2 rings (SSSR count). The van der Waals surface area contributed by atoms with Crippen LogP contribution in [0.1, 0.15) is 12.8 Å². The van der Waals surface area contributed by atoms with E-state index in [9.17, 15) is 4.79 Å². The Kier molecular flexibility index (Phi) is 3.22. The lowest BCUT2D eigenvalue weighted by molar-refractivity contribution is -0.110. The van der Waals surface area contributed by atoms with Gasteiger partial charge in [-0.15, -0.1) is 0 Å². The summed E-state index contributed by atoms with van der Waals surface area (Å²) in [6.07, 6.45) is 3.19. The lowest BCUT2D eigenvalue weighted by atomic mass is 10.2. The second-order valence-electron chi connectivity index (χ2n) is 3.39. The van der Waals surface area contributed by atoms with Crippen LogP contribution in [0.4, 0.5) is 0 Å². The van der Waals surface area contributed by atoms with Crippen LogP contribution in [0.15, 0.2) is 35.2 Å². The predicted octanol–water partition coefficient (Wildman–Crippen LogP) is 2.36. The van der Waals surface area contributed by atoms with Crippen molar-refractivity contribution in [1.82, 2.24) is 4.31 Å². The molecular formula is C11H13NOS. The SMILES string of the molecule is O=CC1CCCN1Sc1ccccc1. The van der Waals surface area contributed by atoms with Gasteiger partial charge in [-0.05, 0) is 36.9 Å². The third-order valence-corrected chi connectivity index (χ3v) is 3.54. The Morgan fingerprint density at radius 1 is 1.36 bits per heavy atom. The van der Waals surface area contributed by atoms with Crippen LogP contribution in [0.5, 0.6) is 0 Å². The minimum Gasteiger partial charge on any atom is -0.302 e. The minimum atomic E-state index is 0.111. The van der Waals surface area contributed by atoms with Crippen molar-refractivity contribution >= 4 is 18.2 Å². The summed E-state index contributed by atoms with van der Waals surface area (Å²) >= 11 is 1.69. The van der Waals surface area contributed by atoms with E-state index in [1.807, 2.05) is 18.2 Å². The average molecular weight is 207 g/mol. The molecule has 0 N–H and O–H groups in total. The lowest BCUT2D eigenvalue weighted by Crippen LogP contribution is -2.23. The maximum Gasteiger partial charge on any atom is 0.138 e. The summed E-state index contributed by atoms with van der Waals surface area (Å²) in [4.78, 5) is 12.0. The number of carbonyl (C=O) groups is 1. The van der Waals surface area contributed by atoms with Gasteiger partial charge in [-0.2, -0.15) is 0 Å². The molecule has 1 atom stereocenters. The zero-order valence-corrected chi connectivity index (χ0v) is 8.74. The molecule has 74 valence electrons. The molecule has 1 aromatic carbocycles. The first-order valence-electron chi connectivity index (χ1n) is 4.85. The molecule has 1 aliphatic heterocycles. The zero-order valence-electron chi connectivity index (χ0n) is 7.93. The molecule has 1 heterocycles. The number of hydrogen-bond donors (Lipinski definition) is 0. The van der Waals surface area contributed by atoms with Crippen molar-refractivity contribution in [3.63, 3.8) is 0 Å². The van der Waals surface area contributed by atoms with E-state index in [2.05, 4.69) is 16.4 Å². The van der Waals surface area contributed by atoms with Gasteiger partial charge in [0.2, 0.25) is 0 Å². The smallest absolute Gasteiger partial charge is 0.138 e. The number of hydrogen-bond acceptors (Lipinski definition) is 3. The monoisotopic (exact) mass is 207 g/mol. The molecule has 2 nitrogen and oxygen atoms in total. The number of benzene rings is 1. The van der Waals surface area contributed by atoms with Crippen molar-refractivity contribution in [2.75, 3.05) is 6.54 Å². The van der Waals surface area contributed by atoms with Crippen molar-refractivity contribution in [3.8, 4) is 0 Å². The fraction of sp³-hybridized carbons (Fsp3) is 0.364. The summed E-state index contributed by atoms with van der Waals surface area (Å²) in [7, 11) is 0.